The lowest BCUT2D eigenvalue weighted by Gasteiger charge is -2.44. The summed E-state index contributed by atoms with van der Waals surface area (Å²) in [7, 11) is -3.69. The van der Waals surface area contributed by atoms with E-state index in [1.165, 1.54) is 6.07 Å². The Morgan fingerprint density at radius 2 is 1.94 bits per heavy atom. The third kappa shape index (κ3) is 5.22. The molecule has 0 spiro atoms. The highest BCUT2D eigenvalue weighted by Crippen LogP contribution is 2.33. The van der Waals surface area contributed by atoms with E-state index in [0.29, 0.717) is 11.3 Å². The van der Waals surface area contributed by atoms with Gasteiger partial charge in [0.1, 0.15) is 0 Å². The van der Waals surface area contributed by atoms with Gasteiger partial charge in [0.15, 0.2) is 0 Å². The number of carbonyl (C=O) groups excluding carboxylic acids is 5. The van der Waals surface area contributed by atoms with E-state index in [0.717, 1.165) is 23.3 Å². The molecule has 0 radical (unpaired) electrons. The van der Waals surface area contributed by atoms with Crippen LogP contribution in [0.2, 0.25) is 0 Å². The minimum atomic E-state index is -4.78. The first-order valence-electron chi connectivity index (χ1n) is 10.5. The van der Waals surface area contributed by atoms with Crippen molar-refractivity contribution in [3.8, 4) is 0 Å². The van der Waals surface area contributed by atoms with Gasteiger partial charge in [-0.25, -0.2) is 9.10 Å². The van der Waals surface area contributed by atoms with Crippen LogP contribution in [-0.4, -0.2) is 77.6 Å². The van der Waals surface area contributed by atoms with Gasteiger partial charge in [-0.15, -0.1) is 11.3 Å². The van der Waals surface area contributed by atoms with Crippen molar-refractivity contribution >= 4 is 56.9 Å². The topological polar surface area (TPSA) is 179 Å². The minimum absolute atomic E-state index is 0.0705. The van der Waals surface area contributed by atoms with Crippen LogP contribution >= 0.6 is 11.3 Å². The Hall–Kier alpha value is -2.88. The molecule has 3 heterocycles. The lowest BCUT2D eigenvalue weighted by atomic mass is 9.74. The third-order valence-electron chi connectivity index (χ3n) is 5.92. The smallest absolute Gasteiger partial charge is 0.349 e. The van der Waals surface area contributed by atoms with E-state index < -0.39 is 63.4 Å². The number of β-lactam (4-membered cyclic amide) rings is 1. The summed E-state index contributed by atoms with van der Waals surface area (Å²) >= 11 is 1.12. The summed E-state index contributed by atoms with van der Waals surface area (Å²) in [5.41, 5.74) is -2.12. The first kappa shape index (κ1) is 26.7. The Labute approximate surface area is 205 Å². The van der Waals surface area contributed by atoms with Gasteiger partial charge in [-0.2, -0.15) is 8.42 Å². The average molecular weight is 531 g/mol. The number of nitrogens with one attached hydrogen (secondary N) is 2. The molecular formula is C20H26N4O9S2. The number of imide groups is 1. The lowest BCUT2D eigenvalue weighted by Crippen LogP contribution is -2.76. The van der Waals surface area contributed by atoms with Crippen molar-refractivity contribution in [2.24, 2.45) is 11.3 Å². The summed E-state index contributed by atoms with van der Waals surface area (Å²) in [5, 5.41) is 6.43. The number of anilines is 1. The van der Waals surface area contributed by atoms with E-state index in [1.807, 2.05) is 20.8 Å². The van der Waals surface area contributed by atoms with Crippen LogP contribution in [0.15, 0.2) is 11.4 Å². The van der Waals surface area contributed by atoms with Crippen LogP contribution in [0.5, 0.6) is 0 Å². The lowest BCUT2D eigenvalue weighted by molar-refractivity contribution is -0.180. The van der Waals surface area contributed by atoms with Gasteiger partial charge < -0.3 is 15.4 Å². The maximum atomic E-state index is 12.7. The zero-order valence-electron chi connectivity index (χ0n) is 19.5. The minimum Gasteiger partial charge on any atom is -0.349 e. The van der Waals surface area contributed by atoms with Gasteiger partial charge in [0, 0.05) is 24.4 Å². The molecule has 2 unspecified atom stereocenters. The second-order valence-corrected chi connectivity index (χ2v) is 11.6. The molecule has 0 saturated carbocycles. The Kier molecular flexibility index (Phi) is 7.09. The van der Waals surface area contributed by atoms with Crippen molar-refractivity contribution in [1.29, 1.82) is 0 Å². The van der Waals surface area contributed by atoms with E-state index in [1.54, 1.807) is 5.38 Å². The molecule has 1 aromatic rings. The number of ether oxygens (including phenoxy) is 1. The summed E-state index contributed by atoms with van der Waals surface area (Å²) < 4.78 is 36.5. The molecule has 0 aliphatic carbocycles. The molecule has 0 aromatic carbocycles. The van der Waals surface area contributed by atoms with Crippen molar-refractivity contribution in [2.75, 3.05) is 25.5 Å². The maximum absolute atomic E-state index is 12.7. The fraction of sp³-hybridized carbons (Fsp3) is 0.550. The summed E-state index contributed by atoms with van der Waals surface area (Å²) in [6, 6.07) is 0.710. The Morgan fingerprint density at radius 1 is 1.29 bits per heavy atom. The number of methoxy groups -OCH3 is 1. The quantitative estimate of drug-likeness (QED) is 0.203. The number of piperidine rings is 1. The number of ketones is 1. The zero-order valence-corrected chi connectivity index (χ0v) is 21.1. The van der Waals surface area contributed by atoms with Crippen LogP contribution in [0.25, 0.3) is 0 Å². The summed E-state index contributed by atoms with van der Waals surface area (Å²) in [4.78, 5) is 63.6. The van der Waals surface area contributed by atoms with Gasteiger partial charge in [0.2, 0.25) is 17.4 Å². The van der Waals surface area contributed by atoms with Gasteiger partial charge in [-0.05, 0) is 23.3 Å². The highest BCUT2D eigenvalue weighted by molar-refractivity contribution is 7.84. The third-order valence-corrected chi connectivity index (χ3v) is 7.69. The van der Waals surface area contributed by atoms with Crippen molar-refractivity contribution in [1.82, 2.24) is 14.5 Å². The van der Waals surface area contributed by atoms with Crippen molar-refractivity contribution in [2.45, 2.75) is 39.3 Å². The molecule has 2 saturated heterocycles. The normalized spacial score (nSPS) is 23.2. The highest BCUT2D eigenvalue weighted by atomic mass is 32.2. The molecule has 15 heteroatoms. The van der Waals surface area contributed by atoms with E-state index >= 15 is 0 Å². The van der Waals surface area contributed by atoms with Crippen LogP contribution in [0.1, 0.15) is 32.1 Å². The van der Waals surface area contributed by atoms with Gasteiger partial charge in [0.25, 0.3) is 11.8 Å². The van der Waals surface area contributed by atoms with Crippen molar-refractivity contribution in [3.63, 3.8) is 0 Å². The number of hydrogen-bond donors (Lipinski definition) is 3. The molecule has 13 nitrogen and oxygen atoms in total. The van der Waals surface area contributed by atoms with Crippen molar-refractivity contribution in [3.05, 3.63) is 16.3 Å². The predicted octanol–water partition coefficient (Wildman–Crippen LogP) is 0.390. The number of urea groups is 1. The molecule has 0 bridgehead atoms. The van der Waals surface area contributed by atoms with Gasteiger partial charge in [-0.1, -0.05) is 20.8 Å². The van der Waals surface area contributed by atoms with E-state index in [9.17, 15) is 32.4 Å². The first-order valence-corrected chi connectivity index (χ1v) is 12.8. The molecule has 2 aliphatic rings. The Morgan fingerprint density at radius 3 is 2.49 bits per heavy atom. The molecule has 2 atom stereocenters. The largest absolute Gasteiger partial charge is 0.362 e. The molecule has 192 valence electrons. The average Bonchev–Trinajstić information content (AvgIpc) is 3.16. The first-order chi connectivity index (χ1) is 16.1. The molecule has 5 amide bonds. The fourth-order valence-corrected chi connectivity index (χ4v) is 5.44. The molecular weight excluding hydrogens is 504 g/mol. The van der Waals surface area contributed by atoms with E-state index in [4.69, 9.17) is 9.29 Å². The SMILES string of the molecule is COC1(NC(=O)Cc2sccc2NC(=O)N2CCC(C(C)(C)C)C(=O)C2=O)CN(S(=O)(=O)O)C1=O. The molecule has 3 rings (SSSR count). The number of nitrogens with zero attached hydrogens (tertiary/aromatic N) is 2. The molecule has 2 fully saturated rings. The number of carbonyl (C=O) groups is 5. The van der Waals surface area contributed by atoms with Gasteiger partial charge >= 0.3 is 16.3 Å². The van der Waals surface area contributed by atoms with Crippen molar-refractivity contribution < 1.29 is 41.7 Å². The number of Topliss-reactive ketones (excluding diaryl/α,β-unsaturated/α-hetero) is 1. The second kappa shape index (κ2) is 9.29. The number of hydrogen-bond acceptors (Lipinski definition) is 9. The van der Waals surface area contributed by atoms with Crippen LogP contribution in [-0.2, 0) is 40.6 Å². The zero-order chi connectivity index (χ0) is 26.3. The monoisotopic (exact) mass is 530 g/mol. The van der Waals surface area contributed by atoms with E-state index in [-0.39, 0.29) is 23.0 Å². The summed E-state index contributed by atoms with van der Waals surface area (Å²) in [6.45, 7) is 5.02. The van der Waals surface area contributed by atoms with Gasteiger partial charge in [0.05, 0.1) is 18.7 Å². The maximum Gasteiger partial charge on any atom is 0.362 e. The number of thiophene rings is 1. The van der Waals surface area contributed by atoms with Crippen LogP contribution in [0.3, 0.4) is 0 Å². The van der Waals surface area contributed by atoms with Crippen LogP contribution < -0.4 is 10.6 Å². The van der Waals surface area contributed by atoms with Gasteiger partial charge in [-0.3, -0.25) is 28.6 Å². The fourth-order valence-electron chi connectivity index (χ4n) is 3.91. The molecule has 1 aromatic heterocycles. The molecule has 3 N–H and O–H groups in total. The summed E-state index contributed by atoms with van der Waals surface area (Å²) in [5.74, 6) is -3.88. The number of likely N-dealkylation sites (tertiary alicyclic amines) is 1. The predicted molar refractivity (Wildman–Crippen MR) is 122 cm³/mol. The van der Waals surface area contributed by atoms with E-state index in [2.05, 4.69) is 10.6 Å². The number of rotatable bonds is 6. The number of amides is 5. The Balaban J connectivity index is 1.64. The highest BCUT2D eigenvalue weighted by Gasteiger charge is 2.58. The standard InChI is InChI=1S/C20H26N4O9S2/c1-19(2,3)11-5-7-23(16(27)15(11)26)18(29)21-12-6-8-34-13(12)9-14(25)22-20(33-4)10-24(17(20)28)35(30,31)32/h6,8,11H,5,7,9-10H2,1-4H3,(H,21,29)(H,22,25)(H,30,31,32). The van der Waals surface area contributed by atoms with Crippen LogP contribution in [0.4, 0.5) is 10.5 Å². The molecule has 2 aliphatic heterocycles. The Bertz CT molecular complexity index is 1190. The second-order valence-electron chi connectivity index (χ2n) is 9.26. The molecule has 35 heavy (non-hydrogen) atoms. The van der Waals surface area contributed by atoms with Crippen LogP contribution in [0, 0.1) is 11.3 Å². The summed E-state index contributed by atoms with van der Waals surface area (Å²) in [6.07, 6.45) is 0.0324.